The molecule has 2 amide bonds. The number of nitrogens with zero attached hydrogens (tertiary/aromatic N) is 1. The molecule has 3 rings (SSSR count). The van der Waals surface area contributed by atoms with Crippen molar-refractivity contribution in [2.45, 2.75) is 75.8 Å². The second-order valence-corrected chi connectivity index (χ2v) is 12.3. The molecule has 8 heteroatoms. The van der Waals surface area contributed by atoms with E-state index in [2.05, 4.69) is 35.6 Å². The lowest BCUT2D eigenvalue weighted by atomic mass is 9.85. The molecule has 190 valence electrons. The van der Waals surface area contributed by atoms with Crippen molar-refractivity contribution >= 4 is 40.5 Å². The zero-order valence-electron chi connectivity index (χ0n) is 21.6. The van der Waals surface area contributed by atoms with Crippen molar-refractivity contribution in [3.05, 3.63) is 42.5 Å². The van der Waals surface area contributed by atoms with E-state index in [0.717, 1.165) is 15.7 Å². The third kappa shape index (κ3) is 6.90. The van der Waals surface area contributed by atoms with Crippen LogP contribution in [0.1, 0.15) is 48.0 Å². The summed E-state index contributed by atoms with van der Waals surface area (Å²) in [7, 11) is 1.33. The summed E-state index contributed by atoms with van der Waals surface area (Å²) in [6.45, 7) is 11.3. The van der Waals surface area contributed by atoms with Crippen molar-refractivity contribution < 1.29 is 23.9 Å². The fourth-order valence-electron chi connectivity index (χ4n) is 4.16. The van der Waals surface area contributed by atoms with E-state index in [-0.39, 0.29) is 11.2 Å². The number of nitrogens with one attached hydrogen (secondary N) is 1. The third-order valence-electron chi connectivity index (χ3n) is 5.82. The molecule has 1 saturated heterocycles. The largest absolute Gasteiger partial charge is 0.467 e. The van der Waals surface area contributed by atoms with Gasteiger partial charge in [0.15, 0.2) is 0 Å². The van der Waals surface area contributed by atoms with Gasteiger partial charge in [-0.1, -0.05) is 51.1 Å². The number of esters is 1. The van der Waals surface area contributed by atoms with E-state index in [0.29, 0.717) is 13.0 Å². The van der Waals surface area contributed by atoms with Crippen LogP contribution in [0.4, 0.5) is 4.79 Å². The third-order valence-corrected chi connectivity index (χ3v) is 7.02. The van der Waals surface area contributed by atoms with Crippen molar-refractivity contribution in [3.63, 3.8) is 0 Å². The maximum Gasteiger partial charge on any atom is 0.408 e. The molecule has 1 N–H and O–H groups in total. The lowest BCUT2D eigenvalue weighted by Gasteiger charge is -2.35. The molecule has 3 atom stereocenters. The van der Waals surface area contributed by atoms with Gasteiger partial charge in [0.2, 0.25) is 5.91 Å². The number of rotatable bonds is 5. The number of alkyl carbamates (subject to hydrolysis) is 1. The summed E-state index contributed by atoms with van der Waals surface area (Å²) in [6.07, 6.45) is -0.194. The van der Waals surface area contributed by atoms with Gasteiger partial charge in [-0.05, 0) is 55.5 Å². The Kier molecular flexibility index (Phi) is 8.04. The molecule has 0 spiro atoms. The summed E-state index contributed by atoms with van der Waals surface area (Å²) in [4.78, 5) is 41.5. The molecule has 1 fully saturated rings. The average molecular weight is 501 g/mol. The van der Waals surface area contributed by atoms with Gasteiger partial charge in [0.05, 0.1) is 7.11 Å². The van der Waals surface area contributed by atoms with Gasteiger partial charge in [0.1, 0.15) is 17.7 Å². The van der Waals surface area contributed by atoms with Crippen molar-refractivity contribution in [2.75, 3.05) is 13.7 Å². The van der Waals surface area contributed by atoms with E-state index < -0.39 is 35.2 Å². The van der Waals surface area contributed by atoms with Gasteiger partial charge in [-0.2, -0.15) is 0 Å². The van der Waals surface area contributed by atoms with Gasteiger partial charge in [-0.25, -0.2) is 9.59 Å². The highest BCUT2D eigenvalue weighted by atomic mass is 32.2. The lowest BCUT2D eigenvalue weighted by Crippen LogP contribution is -2.57. The van der Waals surface area contributed by atoms with Gasteiger partial charge >= 0.3 is 12.1 Å². The van der Waals surface area contributed by atoms with Crippen LogP contribution < -0.4 is 5.32 Å². The minimum atomic E-state index is -0.867. The Morgan fingerprint density at radius 3 is 2.29 bits per heavy atom. The van der Waals surface area contributed by atoms with E-state index in [1.165, 1.54) is 7.11 Å². The Hall–Kier alpha value is -2.74. The van der Waals surface area contributed by atoms with Gasteiger partial charge in [-0.3, -0.25) is 4.79 Å². The van der Waals surface area contributed by atoms with Gasteiger partial charge in [0, 0.05) is 16.7 Å². The summed E-state index contributed by atoms with van der Waals surface area (Å²) in [5, 5.41) is 5.05. The molecule has 35 heavy (non-hydrogen) atoms. The molecule has 1 unspecified atom stereocenters. The molecular weight excluding hydrogens is 464 g/mol. The van der Waals surface area contributed by atoms with E-state index in [1.54, 1.807) is 37.4 Å². The molecule has 0 bridgehead atoms. The number of benzene rings is 2. The van der Waals surface area contributed by atoms with Crippen LogP contribution in [0.15, 0.2) is 47.4 Å². The Labute approximate surface area is 211 Å². The number of carbonyl (C=O) groups is 3. The first kappa shape index (κ1) is 26.9. The summed E-state index contributed by atoms with van der Waals surface area (Å²) in [5.74, 6) is -0.773. The maximum atomic E-state index is 13.7. The van der Waals surface area contributed by atoms with Crippen LogP contribution in [0.25, 0.3) is 10.8 Å². The molecule has 0 radical (unpaired) electrons. The average Bonchev–Trinajstić information content (AvgIpc) is 3.18. The van der Waals surface area contributed by atoms with Crippen LogP contribution in [-0.2, 0) is 19.1 Å². The van der Waals surface area contributed by atoms with Gasteiger partial charge in [0.25, 0.3) is 0 Å². The number of methoxy groups -OCH3 is 1. The standard InChI is InChI=1S/C27H36N2O5S/c1-26(2,3)22(28-25(32)34-27(4,5)6)23(30)29-16-20(15-21(29)24(31)33-7)35-19-13-12-17-10-8-9-11-18(17)14-19/h8-14,20-22H,15-16H2,1-7H3,(H,28,32)/t20-,21+,22?/m1/s1. The molecular formula is C27H36N2O5S. The van der Waals surface area contributed by atoms with Crippen molar-refractivity contribution in [3.8, 4) is 0 Å². The first-order valence-electron chi connectivity index (χ1n) is 11.8. The summed E-state index contributed by atoms with van der Waals surface area (Å²) in [6, 6.07) is 12.8. The number of thioether (sulfide) groups is 1. The van der Waals surface area contributed by atoms with Crippen molar-refractivity contribution in [1.82, 2.24) is 10.2 Å². The van der Waals surface area contributed by atoms with Crippen LogP contribution >= 0.6 is 11.8 Å². The Morgan fingerprint density at radius 1 is 1.03 bits per heavy atom. The quantitative estimate of drug-likeness (QED) is 0.581. The predicted octanol–water partition coefficient (Wildman–Crippen LogP) is 5.01. The minimum Gasteiger partial charge on any atom is -0.467 e. The minimum absolute atomic E-state index is 0.00589. The number of ether oxygens (including phenoxy) is 2. The molecule has 2 aromatic carbocycles. The number of fused-ring (bicyclic) bond motifs is 1. The Bertz CT molecular complexity index is 1090. The van der Waals surface area contributed by atoms with E-state index in [1.807, 2.05) is 32.9 Å². The Balaban J connectivity index is 1.81. The number of hydrogen-bond donors (Lipinski definition) is 1. The maximum absolute atomic E-state index is 13.7. The highest BCUT2D eigenvalue weighted by Crippen LogP contribution is 2.36. The number of carbonyl (C=O) groups excluding carboxylic acids is 3. The smallest absolute Gasteiger partial charge is 0.408 e. The molecule has 7 nitrogen and oxygen atoms in total. The SMILES string of the molecule is COC(=O)[C@@H]1C[C@@H](Sc2ccc3ccccc3c2)CN1C(=O)C(NC(=O)OC(C)(C)C)C(C)(C)C. The normalized spacial score (nSPS) is 19.3. The monoisotopic (exact) mass is 500 g/mol. The van der Waals surface area contributed by atoms with Crippen molar-refractivity contribution in [2.24, 2.45) is 5.41 Å². The molecule has 0 aromatic heterocycles. The summed E-state index contributed by atoms with van der Waals surface area (Å²) < 4.78 is 10.4. The number of amides is 2. The fraction of sp³-hybridized carbons (Fsp3) is 0.519. The predicted molar refractivity (Wildman–Crippen MR) is 138 cm³/mol. The molecule has 1 aliphatic rings. The zero-order chi connectivity index (χ0) is 26.0. The zero-order valence-corrected chi connectivity index (χ0v) is 22.4. The van der Waals surface area contributed by atoms with Crippen LogP contribution in [0.3, 0.4) is 0 Å². The van der Waals surface area contributed by atoms with E-state index >= 15 is 0 Å². The highest BCUT2D eigenvalue weighted by Gasteiger charge is 2.46. The van der Waals surface area contributed by atoms with E-state index in [4.69, 9.17) is 9.47 Å². The lowest BCUT2D eigenvalue weighted by molar-refractivity contribution is -0.152. The molecule has 1 aliphatic heterocycles. The van der Waals surface area contributed by atoms with Crippen LogP contribution in [0.5, 0.6) is 0 Å². The molecule has 2 aromatic rings. The van der Waals surface area contributed by atoms with Gasteiger partial charge < -0.3 is 19.7 Å². The van der Waals surface area contributed by atoms with Crippen molar-refractivity contribution in [1.29, 1.82) is 0 Å². The molecule has 0 saturated carbocycles. The molecule has 0 aliphatic carbocycles. The van der Waals surface area contributed by atoms with E-state index in [9.17, 15) is 14.4 Å². The molecule has 1 heterocycles. The first-order valence-corrected chi connectivity index (χ1v) is 12.7. The second kappa shape index (κ2) is 10.5. The Morgan fingerprint density at radius 2 is 1.69 bits per heavy atom. The topological polar surface area (TPSA) is 84.9 Å². The van der Waals surface area contributed by atoms with Gasteiger partial charge in [-0.15, -0.1) is 11.8 Å². The highest BCUT2D eigenvalue weighted by molar-refractivity contribution is 8.00. The van der Waals surface area contributed by atoms with Crippen LogP contribution in [0, 0.1) is 5.41 Å². The first-order chi connectivity index (χ1) is 16.3. The van der Waals surface area contributed by atoms with Crippen LogP contribution in [-0.4, -0.2) is 59.5 Å². The number of hydrogen-bond acceptors (Lipinski definition) is 6. The van der Waals surface area contributed by atoms with Crippen LogP contribution in [0.2, 0.25) is 0 Å². The summed E-state index contributed by atoms with van der Waals surface area (Å²) in [5.41, 5.74) is -1.29. The fourth-order valence-corrected chi connectivity index (χ4v) is 5.40. The summed E-state index contributed by atoms with van der Waals surface area (Å²) >= 11 is 1.65. The second-order valence-electron chi connectivity index (χ2n) is 11.0. The number of likely N-dealkylation sites (tertiary alicyclic amines) is 1.